The fraction of sp³-hybridized carbons (Fsp3) is 0.250. The van der Waals surface area contributed by atoms with Crippen molar-refractivity contribution >= 4 is 5.97 Å². The van der Waals surface area contributed by atoms with Crippen molar-refractivity contribution < 1.29 is 15.0 Å². The Labute approximate surface area is 94.1 Å². The molecule has 0 fully saturated rings. The molecule has 0 heterocycles. The van der Waals surface area contributed by atoms with Crippen LogP contribution in [0.4, 0.5) is 0 Å². The maximum Gasteiger partial charge on any atom is 0.317 e. The average molecular weight is 219 g/mol. The van der Waals surface area contributed by atoms with E-state index in [1.54, 1.807) is 29.2 Å². The number of carboxylic acid groups (broad SMARTS) is 1. The molecule has 0 bridgehead atoms. The van der Waals surface area contributed by atoms with Crippen molar-refractivity contribution in [3.8, 4) is 18.1 Å². The Balaban J connectivity index is 2.72. The van der Waals surface area contributed by atoms with E-state index >= 15 is 0 Å². The van der Waals surface area contributed by atoms with Gasteiger partial charge >= 0.3 is 5.97 Å². The van der Waals surface area contributed by atoms with E-state index in [2.05, 4.69) is 5.92 Å². The van der Waals surface area contributed by atoms with Crippen LogP contribution in [0.15, 0.2) is 24.3 Å². The lowest BCUT2D eigenvalue weighted by Gasteiger charge is -2.17. The van der Waals surface area contributed by atoms with Crippen molar-refractivity contribution in [2.45, 2.75) is 6.54 Å². The molecule has 1 aromatic carbocycles. The number of aliphatic carboxylic acids is 1. The second-order valence-corrected chi connectivity index (χ2v) is 3.37. The SMILES string of the molecule is C#CCN(CC(=O)O)Cc1ccccc1O. The van der Waals surface area contributed by atoms with Gasteiger partial charge in [-0.15, -0.1) is 6.42 Å². The molecule has 0 amide bonds. The van der Waals surface area contributed by atoms with Gasteiger partial charge in [0.2, 0.25) is 0 Å². The number of phenolic OH excluding ortho intramolecular Hbond substituents is 1. The standard InChI is InChI=1S/C12H13NO3/c1-2-7-13(9-12(15)16)8-10-5-3-4-6-11(10)14/h1,3-6,14H,7-9H2,(H,15,16). The van der Waals surface area contributed by atoms with Crippen LogP contribution >= 0.6 is 0 Å². The van der Waals surface area contributed by atoms with Gasteiger partial charge in [0.25, 0.3) is 0 Å². The Morgan fingerprint density at radius 3 is 2.69 bits per heavy atom. The summed E-state index contributed by atoms with van der Waals surface area (Å²) in [7, 11) is 0. The van der Waals surface area contributed by atoms with Crippen molar-refractivity contribution in [1.82, 2.24) is 4.90 Å². The smallest absolute Gasteiger partial charge is 0.317 e. The van der Waals surface area contributed by atoms with Crippen LogP contribution in [0.3, 0.4) is 0 Å². The van der Waals surface area contributed by atoms with E-state index in [4.69, 9.17) is 11.5 Å². The summed E-state index contributed by atoms with van der Waals surface area (Å²) in [4.78, 5) is 12.2. The minimum absolute atomic E-state index is 0.140. The van der Waals surface area contributed by atoms with Gasteiger partial charge in [-0.3, -0.25) is 9.69 Å². The summed E-state index contributed by atoms with van der Waals surface area (Å²) in [6, 6.07) is 6.79. The average Bonchev–Trinajstić information content (AvgIpc) is 2.21. The number of carboxylic acids is 1. The summed E-state index contributed by atoms with van der Waals surface area (Å²) in [5.41, 5.74) is 0.666. The highest BCUT2D eigenvalue weighted by Crippen LogP contribution is 2.17. The van der Waals surface area contributed by atoms with Crippen molar-refractivity contribution in [3.05, 3.63) is 29.8 Å². The first-order chi connectivity index (χ1) is 7.63. The van der Waals surface area contributed by atoms with Gasteiger partial charge in [0.05, 0.1) is 13.1 Å². The number of rotatable bonds is 5. The summed E-state index contributed by atoms with van der Waals surface area (Å²) in [6.07, 6.45) is 5.15. The van der Waals surface area contributed by atoms with Crippen LogP contribution in [0.1, 0.15) is 5.56 Å². The van der Waals surface area contributed by atoms with E-state index in [1.807, 2.05) is 0 Å². The molecule has 4 heteroatoms. The molecule has 1 aromatic rings. The number of hydrogen-bond acceptors (Lipinski definition) is 3. The lowest BCUT2D eigenvalue weighted by atomic mass is 10.2. The van der Waals surface area contributed by atoms with Crippen LogP contribution in [0.2, 0.25) is 0 Å². The van der Waals surface area contributed by atoms with Crippen molar-refractivity contribution in [1.29, 1.82) is 0 Å². The Hall–Kier alpha value is -1.99. The summed E-state index contributed by atoms with van der Waals surface area (Å²) < 4.78 is 0. The van der Waals surface area contributed by atoms with Crippen molar-refractivity contribution in [2.75, 3.05) is 13.1 Å². The Morgan fingerprint density at radius 2 is 2.12 bits per heavy atom. The predicted molar refractivity (Wildman–Crippen MR) is 59.9 cm³/mol. The van der Waals surface area contributed by atoms with Crippen molar-refractivity contribution in [2.24, 2.45) is 0 Å². The maximum atomic E-state index is 10.6. The number of aromatic hydroxyl groups is 1. The second-order valence-electron chi connectivity index (χ2n) is 3.37. The zero-order valence-electron chi connectivity index (χ0n) is 8.76. The number of carbonyl (C=O) groups is 1. The van der Waals surface area contributed by atoms with E-state index in [-0.39, 0.29) is 18.8 Å². The zero-order chi connectivity index (χ0) is 12.0. The Kier molecular flexibility index (Phi) is 4.37. The number of terminal acetylenes is 1. The molecule has 0 unspecified atom stereocenters. The van der Waals surface area contributed by atoms with E-state index in [0.717, 1.165) is 0 Å². The predicted octanol–water partition coefficient (Wildman–Crippen LogP) is 0.912. The number of para-hydroxylation sites is 1. The van der Waals surface area contributed by atoms with E-state index < -0.39 is 5.97 Å². The summed E-state index contributed by atoms with van der Waals surface area (Å²) in [5.74, 6) is 1.60. The summed E-state index contributed by atoms with van der Waals surface area (Å²) in [5, 5.41) is 18.2. The molecule has 0 aliphatic heterocycles. The third-order valence-electron chi connectivity index (χ3n) is 2.06. The molecule has 84 valence electrons. The maximum absolute atomic E-state index is 10.6. The van der Waals surface area contributed by atoms with Crippen LogP contribution in [0.5, 0.6) is 5.75 Å². The Bertz CT molecular complexity index is 409. The molecule has 1 rings (SSSR count). The molecule has 4 nitrogen and oxygen atoms in total. The minimum atomic E-state index is -0.939. The van der Waals surface area contributed by atoms with E-state index in [0.29, 0.717) is 12.1 Å². The van der Waals surface area contributed by atoms with Gasteiger partial charge in [0.1, 0.15) is 5.75 Å². The van der Waals surface area contributed by atoms with Gasteiger partial charge in [0.15, 0.2) is 0 Å². The third-order valence-corrected chi connectivity index (χ3v) is 2.06. The second kappa shape index (κ2) is 5.79. The fourth-order valence-electron chi connectivity index (χ4n) is 1.37. The first-order valence-electron chi connectivity index (χ1n) is 4.78. The van der Waals surface area contributed by atoms with E-state index in [9.17, 15) is 9.90 Å². The van der Waals surface area contributed by atoms with Gasteiger partial charge < -0.3 is 10.2 Å². The molecule has 0 spiro atoms. The van der Waals surface area contributed by atoms with Gasteiger partial charge in [-0.25, -0.2) is 0 Å². The molecular formula is C12H13NO3. The monoisotopic (exact) mass is 219 g/mol. The van der Waals surface area contributed by atoms with Gasteiger partial charge in [-0.2, -0.15) is 0 Å². The highest BCUT2D eigenvalue weighted by molar-refractivity contribution is 5.69. The van der Waals surface area contributed by atoms with Gasteiger partial charge in [0, 0.05) is 12.1 Å². The third kappa shape index (κ3) is 3.64. The van der Waals surface area contributed by atoms with Crippen LogP contribution in [0, 0.1) is 12.3 Å². The molecular weight excluding hydrogens is 206 g/mol. The van der Waals surface area contributed by atoms with Crippen LogP contribution in [-0.4, -0.2) is 34.2 Å². The van der Waals surface area contributed by atoms with Gasteiger partial charge in [-0.05, 0) is 6.07 Å². The highest BCUT2D eigenvalue weighted by atomic mass is 16.4. The molecule has 2 N–H and O–H groups in total. The normalized spacial score (nSPS) is 10.0. The molecule has 0 aliphatic carbocycles. The van der Waals surface area contributed by atoms with E-state index in [1.165, 1.54) is 0 Å². The topological polar surface area (TPSA) is 60.8 Å². The lowest BCUT2D eigenvalue weighted by molar-refractivity contribution is -0.138. The number of benzene rings is 1. The van der Waals surface area contributed by atoms with Crippen LogP contribution < -0.4 is 0 Å². The Morgan fingerprint density at radius 1 is 1.44 bits per heavy atom. The molecule has 0 radical (unpaired) electrons. The number of nitrogens with zero attached hydrogens (tertiary/aromatic N) is 1. The van der Waals surface area contributed by atoms with Crippen molar-refractivity contribution in [3.63, 3.8) is 0 Å². The molecule has 0 saturated carbocycles. The lowest BCUT2D eigenvalue weighted by Crippen LogP contribution is -2.29. The molecule has 0 saturated heterocycles. The largest absolute Gasteiger partial charge is 0.508 e. The van der Waals surface area contributed by atoms with Gasteiger partial charge in [-0.1, -0.05) is 24.1 Å². The fourth-order valence-corrected chi connectivity index (χ4v) is 1.37. The first-order valence-corrected chi connectivity index (χ1v) is 4.78. The molecule has 0 atom stereocenters. The molecule has 0 aromatic heterocycles. The molecule has 0 aliphatic rings. The quantitative estimate of drug-likeness (QED) is 0.723. The number of hydrogen-bond donors (Lipinski definition) is 2. The summed E-state index contributed by atoms with van der Waals surface area (Å²) in [6.45, 7) is 0.419. The van der Waals surface area contributed by atoms with Crippen LogP contribution in [-0.2, 0) is 11.3 Å². The zero-order valence-corrected chi connectivity index (χ0v) is 8.76. The minimum Gasteiger partial charge on any atom is -0.508 e. The number of phenols is 1. The highest BCUT2D eigenvalue weighted by Gasteiger charge is 2.10. The van der Waals surface area contributed by atoms with Crippen LogP contribution in [0.25, 0.3) is 0 Å². The summed E-state index contributed by atoms with van der Waals surface area (Å²) >= 11 is 0. The first kappa shape index (κ1) is 12.1. The molecule has 16 heavy (non-hydrogen) atoms.